The molecular weight excluding hydrogens is 413 g/mol. The average Bonchev–Trinajstić information content (AvgIpc) is 3.28. The first-order valence-electron chi connectivity index (χ1n) is 10.1. The number of para-hydroxylation sites is 1. The molecule has 1 aromatic carbocycles. The van der Waals surface area contributed by atoms with Gasteiger partial charge in [0, 0.05) is 17.8 Å². The Morgan fingerprint density at radius 2 is 1.93 bits per heavy atom. The lowest BCUT2D eigenvalue weighted by molar-refractivity contribution is -0.142. The molecule has 1 saturated carbocycles. The number of likely N-dealkylation sites (tertiary alicyclic amines) is 1. The molecule has 2 fully saturated rings. The van der Waals surface area contributed by atoms with Gasteiger partial charge in [-0.15, -0.1) is 11.3 Å². The highest BCUT2D eigenvalue weighted by molar-refractivity contribution is 7.09. The molecule has 5 rings (SSSR count). The lowest BCUT2D eigenvalue weighted by Crippen LogP contribution is -2.35. The molecule has 0 radical (unpaired) electrons. The van der Waals surface area contributed by atoms with Gasteiger partial charge in [-0.2, -0.15) is 13.2 Å². The molecule has 0 spiro atoms. The van der Waals surface area contributed by atoms with Crippen LogP contribution in [0.3, 0.4) is 0 Å². The zero-order valence-electron chi connectivity index (χ0n) is 16.2. The van der Waals surface area contributed by atoms with Gasteiger partial charge in [-0.1, -0.05) is 12.1 Å². The number of benzene rings is 1. The maximum absolute atomic E-state index is 13.3. The maximum Gasteiger partial charge on any atom is 0.406 e. The van der Waals surface area contributed by atoms with Crippen LogP contribution in [0.25, 0.3) is 10.9 Å². The van der Waals surface area contributed by atoms with E-state index < -0.39 is 18.3 Å². The standard InChI is InChI=1S/C21H21F3N4OS/c22-21(23,24)12-28-18(26-16-5-2-1-4-15(16)20(28)29)17-6-3-9-27(17)10-14-11-30-19(25-14)13-7-8-13/h1-2,4-5,11,13,17H,3,6-10,12H2. The van der Waals surface area contributed by atoms with Crippen LogP contribution in [0.1, 0.15) is 54.2 Å². The Morgan fingerprint density at radius 1 is 1.13 bits per heavy atom. The molecule has 3 aromatic rings. The van der Waals surface area contributed by atoms with E-state index in [-0.39, 0.29) is 17.3 Å². The summed E-state index contributed by atoms with van der Waals surface area (Å²) in [6.45, 7) is -0.0237. The molecule has 1 aliphatic heterocycles. The third kappa shape index (κ3) is 3.88. The number of rotatable bonds is 5. The van der Waals surface area contributed by atoms with Crippen molar-refractivity contribution >= 4 is 22.2 Å². The second kappa shape index (κ2) is 7.46. The van der Waals surface area contributed by atoms with Crippen molar-refractivity contribution in [1.29, 1.82) is 0 Å². The van der Waals surface area contributed by atoms with Crippen LogP contribution in [0.15, 0.2) is 34.4 Å². The molecule has 0 amide bonds. The number of fused-ring (bicyclic) bond motifs is 1. The lowest BCUT2D eigenvalue weighted by atomic mass is 10.1. The molecule has 2 aromatic heterocycles. The minimum absolute atomic E-state index is 0.200. The topological polar surface area (TPSA) is 51.0 Å². The molecule has 1 aliphatic carbocycles. The van der Waals surface area contributed by atoms with E-state index in [0.29, 0.717) is 24.4 Å². The van der Waals surface area contributed by atoms with Crippen LogP contribution in [-0.2, 0) is 13.1 Å². The normalized spacial score (nSPS) is 20.3. The molecule has 0 N–H and O–H groups in total. The first-order chi connectivity index (χ1) is 14.4. The second-order valence-corrected chi connectivity index (χ2v) is 8.96. The average molecular weight is 434 g/mol. The third-order valence-corrected chi connectivity index (χ3v) is 6.81. The molecule has 0 bridgehead atoms. The smallest absolute Gasteiger partial charge is 0.288 e. The van der Waals surface area contributed by atoms with E-state index in [1.807, 2.05) is 5.38 Å². The minimum atomic E-state index is -4.50. The first-order valence-corrected chi connectivity index (χ1v) is 11.0. The van der Waals surface area contributed by atoms with E-state index in [2.05, 4.69) is 9.88 Å². The third-order valence-electron chi connectivity index (χ3n) is 5.75. The van der Waals surface area contributed by atoms with Gasteiger partial charge in [0.1, 0.15) is 12.4 Å². The van der Waals surface area contributed by atoms with Crippen molar-refractivity contribution in [2.75, 3.05) is 6.54 Å². The van der Waals surface area contributed by atoms with Crippen LogP contribution in [0.2, 0.25) is 0 Å². The van der Waals surface area contributed by atoms with Crippen molar-refractivity contribution in [1.82, 2.24) is 19.4 Å². The van der Waals surface area contributed by atoms with Crippen molar-refractivity contribution in [2.24, 2.45) is 0 Å². The molecule has 158 valence electrons. The van der Waals surface area contributed by atoms with E-state index in [4.69, 9.17) is 4.98 Å². The molecule has 3 heterocycles. The summed E-state index contributed by atoms with van der Waals surface area (Å²) in [7, 11) is 0. The number of aromatic nitrogens is 3. The summed E-state index contributed by atoms with van der Waals surface area (Å²) in [5, 5.41) is 3.40. The van der Waals surface area contributed by atoms with Crippen LogP contribution in [0.5, 0.6) is 0 Å². The zero-order valence-corrected chi connectivity index (χ0v) is 17.0. The Hall–Kier alpha value is -2.26. The number of halogens is 3. The highest BCUT2D eigenvalue weighted by Crippen LogP contribution is 2.42. The number of thiazole rings is 1. The Labute approximate surface area is 175 Å². The fraction of sp³-hybridized carbons (Fsp3) is 0.476. The maximum atomic E-state index is 13.3. The summed E-state index contributed by atoms with van der Waals surface area (Å²) in [5.74, 6) is 0.781. The fourth-order valence-corrected chi connectivity index (χ4v) is 5.18. The van der Waals surface area contributed by atoms with Gasteiger partial charge in [-0.3, -0.25) is 14.3 Å². The predicted octanol–water partition coefficient (Wildman–Crippen LogP) is 4.63. The van der Waals surface area contributed by atoms with Crippen molar-refractivity contribution in [3.63, 3.8) is 0 Å². The Kier molecular flexibility index (Phi) is 4.89. The summed E-state index contributed by atoms with van der Waals surface area (Å²) in [6.07, 6.45) is -0.616. The highest BCUT2D eigenvalue weighted by atomic mass is 32.1. The van der Waals surface area contributed by atoms with Gasteiger partial charge in [-0.25, -0.2) is 9.97 Å². The lowest BCUT2D eigenvalue weighted by Gasteiger charge is -2.26. The zero-order chi connectivity index (χ0) is 20.9. The van der Waals surface area contributed by atoms with Crippen LogP contribution in [-0.4, -0.2) is 32.2 Å². The van der Waals surface area contributed by atoms with Crippen molar-refractivity contribution in [2.45, 2.75) is 56.9 Å². The van der Waals surface area contributed by atoms with Gasteiger partial charge in [0.15, 0.2) is 0 Å². The molecule has 30 heavy (non-hydrogen) atoms. The second-order valence-electron chi connectivity index (χ2n) is 8.07. The summed E-state index contributed by atoms with van der Waals surface area (Å²) in [5.41, 5.74) is 0.746. The van der Waals surface area contributed by atoms with E-state index in [9.17, 15) is 18.0 Å². The van der Waals surface area contributed by atoms with Crippen LogP contribution >= 0.6 is 11.3 Å². The van der Waals surface area contributed by atoms with E-state index in [1.165, 1.54) is 18.9 Å². The molecule has 2 aliphatic rings. The van der Waals surface area contributed by atoms with Crippen LogP contribution in [0, 0.1) is 0 Å². The SMILES string of the molecule is O=c1c2ccccc2nc(C2CCCN2Cc2csc(C3CC3)n2)n1CC(F)(F)F. The summed E-state index contributed by atoms with van der Waals surface area (Å²) in [4.78, 5) is 24.3. The van der Waals surface area contributed by atoms with Crippen LogP contribution < -0.4 is 5.56 Å². The molecule has 1 atom stereocenters. The van der Waals surface area contributed by atoms with Gasteiger partial charge in [0.25, 0.3) is 5.56 Å². The van der Waals surface area contributed by atoms with Gasteiger partial charge >= 0.3 is 6.18 Å². The van der Waals surface area contributed by atoms with Crippen LogP contribution in [0.4, 0.5) is 13.2 Å². The summed E-state index contributed by atoms with van der Waals surface area (Å²) < 4.78 is 40.7. The number of nitrogens with zero attached hydrogens (tertiary/aromatic N) is 4. The number of alkyl halides is 3. The Morgan fingerprint density at radius 3 is 2.70 bits per heavy atom. The fourth-order valence-electron chi connectivity index (χ4n) is 4.20. The monoisotopic (exact) mass is 434 g/mol. The van der Waals surface area contributed by atoms with Crippen molar-refractivity contribution < 1.29 is 13.2 Å². The molecular formula is C21H21F3N4OS. The molecule has 9 heteroatoms. The minimum Gasteiger partial charge on any atom is -0.288 e. The molecule has 1 saturated heterocycles. The number of hydrogen-bond acceptors (Lipinski definition) is 5. The van der Waals surface area contributed by atoms with Gasteiger partial charge in [0.05, 0.1) is 27.6 Å². The largest absolute Gasteiger partial charge is 0.406 e. The van der Waals surface area contributed by atoms with E-state index in [0.717, 1.165) is 28.2 Å². The molecule has 5 nitrogen and oxygen atoms in total. The Bertz CT molecular complexity index is 1140. The van der Waals surface area contributed by atoms with Gasteiger partial charge < -0.3 is 0 Å². The van der Waals surface area contributed by atoms with Crippen molar-refractivity contribution in [3.05, 3.63) is 56.5 Å². The number of hydrogen-bond donors (Lipinski definition) is 0. The van der Waals surface area contributed by atoms with Crippen molar-refractivity contribution in [3.8, 4) is 0 Å². The summed E-state index contributed by atoms with van der Waals surface area (Å²) in [6, 6.07) is 6.26. The first kappa shape index (κ1) is 19.7. The molecule has 1 unspecified atom stereocenters. The Balaban J connectivity index is 1.52. The van der Waals surface area contributed by atoms with Gasteiger partial charge in [-0.05, 0) is 44.4 Å². The summed E-state index contributed by atoms with van der Waals surface area (Å²) >= 11 is 1.66. The van der Waals surface area contributed by atoms with Gasteiger partial charge in [0.2, 0.25) is 0 Å². The van der Waals surface area contributed by atoms with E-state index >= 15 is 0 Å². The highest BCUT2D eigenvalue weighted by Gasteiger charge is 2.35. The van der Waals surface area contributed by atoms with E-state index in [1.54, 1.807) is 29.5 Å². The quantitative estimate of drug-likeness (QED) is 0.588. The predicted molar refractivity (Wildman–Crippen MR) is 109 cm³/mol.